The van der Waals surface area contributed by atoms with Crippen molar-refractivity contribution < 1.29 is 52.6 Å². The molecule has 1 unspecified atom stereocenters. The lowest BCUT2D eigenvalue weighted by Gasteiger charge is -2.30. The van der Waals surface area contributed by atoms with Crippen LogP contribution in [0.3, 0.4) is 0 Å². The first-order valence-electron chi connectivity index (χ1n) is 21.5. The number of aliphatic carboxylic acids is 1. The third-order valence-corrected chi connectivity index (χ3v) is 15.4. The van der Waals surface area contributed by atoms with E-state index in [-0.39, 0.29) is 65.8 Å². The molecular formula is C44H53Cl2N6O11PS. The number of carboxylic acid groups (broad SMARTS) is 1. The van der Waals surface area contributed by atoms with E-state index in [4.69, 9.17) is 32.2 Å². The molecule has 3 aliphatic heterocycles. The van der Waals surface area contributed by atoms with E-state index in [1.165, 1.54) is 65.6 Å². The third-order valence-electron chi connectivity index (χ3n) is 11.3. The molecule has 3 saturated heterocycles. The molecule has 0 bridgehead atoms. The topological polar surface area (TPSA) is 242 Å². The summed E-state index contributed by atoms with van der Waals surface area (Å²) < 4.78 is 26.7. The number of unbranched alkanes of at least 4 members (excludes halogenated alkanes) is 1. The predicted octanol–water partition coefficient (Wildman–Crippen LogP) is 6.00. The second kappa shape index (κ2) is 22.8. The Morgan fingerprint density at radius 1 is 0.877 bits per heavy atom. The number of halogens is 2. The second-order valence-electron chi connectivity index (χ2n) is 16.1. The van der Waals surface area contributed by atoms with Crippen LogP contribution >= 0.6 is 42.6 Å². The van der Waals surface area contributed by atoms with E-state index in [1.54, 1.807) is 30.8 Å². The highest BCUT2D eigenvalue weighted by Crippen LogP contribution is 2.53. The number of carbonyl (C=O) groups excluding carboxylic acids is 5. The van der Waals surface area contributed by atoms with Gasteiger partial charge in [0.05, 0.1) is 18.5 Å². The molecule has 350 valence electrons. The summed E-state index contributed by atoms with van der Waals surface area (Å²) in [4.78, 5) is 81.3. The van der Waals surface area contributed by atoms with Crippen LogP contribution in [-0.2, 0) is 35.0 Å². The average molecular weight is 976 g/mol. The third kappa shape index (κ3) is 13.7. The molecule has 3 aromatic rings. The Morgan fingerprint density at radius 3 is 2.12 bits per heavy atom. The van der Waals surface area contributed by atoms with E-state index < -0.39 is 61.6 Å². The predicted molar refractivity (Wildman–Crippen MR) is 245 cm³/mol. The number of nitrogens with one attached hydrogen (secondary N) is 5. The number of carbonyl (C=O) groups is 6. The lowest BCUT2D eigenvalue weighted by Crippen LogP contribution is -2.58. The fourth-order valence-corrected chi connectivity index (χ4v) is 11.8. The molecule has 0 radical (unpaired) electrons. The minimum absolute atomic E-state index is 0.0336. The van der Waals surface area contributed by atoms with E-state index >= 15 is 0 Å². The van der Waals surface area contributed by atoms with Gasteiger partial charge in [0.2, 0.25) is 23.6 Å². The summed E-state index contributed by atoms with van der Waals surface area (Å²) in [5.41, 5.74) is 0.518. The van der Waals surface area contributed by atoms with Gasteiger partial charge < -0.3 is 50.7 Å². The molecule has 3 aliphatic rings. The first kappa shape index (κ1) is 49.3. The van der Waals surface area contributed by atoms with Crippen molar-refractivity contribution in [3.8, 4) is 17.2 Å². The Labute approximate surface area is 391 Å². The van der Waals surface area contributed by atoms with E-state index in [0.717, 1.165) is 18.6 Å². The fourth-order valence-electron chi connectivity index (χ4n) is 8.03. The smallest absolute Gasteiger partial charge is 0.452 e. The van der Waals surface area contributed by atoms with Gasteiger partial charge in [-0.25, -0.2) is 9.36 Å². The number of thioether (sulfide) groups is 1. The van der Waals surface area contributed by atoms with Crippen LogP contribution in [0.1, 0.15) is 70.3 Å². The van der Waals surface area contributed by atoms with E-state index in [9.17, 15) is 43.5 Å². The first-order chi connectivity index (χ1) is 31.1. The minimum atomic E-state index is -4.42. The van der Waals surface area contributed by atoms with Crippen molar-refractivity contribution >= 4 is 78.2 Å². The van der Waals surface area contributed by atoms with E-state index in [0.29, 0.717) is 47.8 Å². The van der Waals surface area contributed by atoms with Gasteiger partial charge in [-0.1, -0.05) is 55.1 Å². The number of amides is 6. The van der Waals surface area contributed by atoms with Gasteiger partial charge in [-0.05, 0) is 98.3 Å². The zero-order chi connectivity index (χ0) is 46.7. The highest BCUT2D eigenvalue weighted by atomic mass is 35.5. The van der Waals surface area contributed by atoms with Crippen LogP contribution in [0, 0.1) is 0 Å². The molecule has 65 heavy (non-hydrogen) atoms. The summed E-state index contributed by atoms with van der Waals surface area (Å²) >= 11 is 13.9. The molecule has 0 aromatic heterocycles. The molecule has 7 N–H and O–H groups in total. The normalized spacial score (nSPS) is 20.4. The van der Waals surface area contributed by atoms with Gasteiger partial charge >= 0.3 is 19.6 Å². The molecular weight excluding hydrogens is 922 g/mol. The summed E-state index contributed by atoms with van der Waals surface area (Å²) in [6.07, 6.45) is 2.66. The standard InChI is InChI=1S/C44H53Cl2N6O11PS/c1-2-6-37(64(61,62-30-18-12-27(45)13-19-30)63-31-20-14-28(46)15-21-31)50-42(58)33(24-39(55)56)47-41(57)32(23-26-10-16-29(53)17-11-26)48-43(59)35-7-5-22-52(35)38(54)9-4-3-8-36-40-34(25-65-36)49-44(60)51-40/h10-21,32-37,40,53H,2-9,22-25H2,1H3,(H,47,57)(H,48,59)(H,50,58)(H,55,56)(H2,49,51,60)/t32-,33-,34-,35-,36-,37?,40-/m0/s1. The SMILES string of the molecule is CCCC(NC(=O)[C@H](CC(=O)O)NC(=O)[C@H](Cc1ccc(O)cc1)NC(=O)[C@@H]1CCCN1C(=O)CCCC[C@@H]1SC[C@@H]2NC(=O)N[C@@H]21)P(=O)(Oc1ccc(Cl)cc1)Oc1ccc(Cl)cc1. The maximum absolute atomic E-state index is 14.8. The van der Waals surface area contributed by atoms with Crippen LogP contribution in [-0.4, -0.2) is 104 Å². The maximum Gasteiger partial charge on any atom is 0.452 e. The fraction of sp³-hybridized carbons (Fsp3) is 0.455. The van der Waals surface area contributed by atoms with Crippen molar-refractivity contribution in [2.24, 2.45) is 0 Å². The Bertz CT molecular complexity index is 2170. The number of fused-ring (bicyclic) bond motifs is 1. The average Bonchev–Trinajstić information content (AvgIpc) is 4.01. The van der Waals surface area contributed by atoms with Crippen LogP contribution in [0.2, 0.25) is 10.0 Å². The van der Waals surface area contributed by atoms with Gasteiger partial charge in [0, 0.05) is 40.4 Å². The number of likely N-dealkylation sites (tertiary alicyclic amines) is 1. The quantitative estimate of drug-likeness (QED) is 0.0349. The van der Waals surface area contributed by atoms with Crippen molar-refractivity contribution in [3.05, 3.63) is 88.4 Å². The Hall–Kier alpha value is -5.16. The molecule has 0 aliphatic carbocycles. The molecule has 3 heterocycles. The summed E-state index contributed by atoms with van der Waals surface area (Å²) in [6, 6.07) is 13.8. The lowest BCUT2D eigenvalue weighted by atomic mass is 10.0. The minimum Gasteiger partial charge on any atom is -0.508 e. The zero-order valence-electron chi connectivity index (χ0n) is 35.6. The monoisotopic (exact) mass is 974 g/mol. The van der Waals surface area contributed by atoms with Gasteiger partial charge in [0.15, 0.2) is 5.78 Å². The lowest BCUT2D eigenvalue weighted by molar-refractivity contribution is -0.141. The van der Waals surface area contributed by atoms with Crippen molar-refractivity contribution in [2.75, 3.05) is 12.3 Å². The molecule has 3 fully saturated rings. The van der Waals surface area contributed by atoms with Crippen molar-refractivity contribution in [3.63, 3.8) is 0 Å². The first-order valence-corrected chi connectivity index (χ1v) is 24.9. The van der Waals surface area contributed by atoms with Crippen molar-refractivity contribution in [1.29, 1.82) is 0 Å². The van der Waals surface area contributed by atoms with Crippen LogP contribution < -0.4 is 35.6 Å². The van der Waals surface area contributed by atoms with Crippen LogP contribution in [0.25, 0.3) is 0 Å². The summed E-state index contributed by atoms with van der Waals surface area (Å²) in [6.45, 7) is 2.11. The number of hydrogen-bond acceptors (Lipinski definition) is 11. The van der Waals surface area contributed by atoms with Crippen LogP contribution in [0.4, 0.5) is 4.79 Å². The van der Waals surface area contributed by atoms with E-state index in [1.807, 2.05) is 0 Å². The van der Waals surface area contributed by atoms with Crippen molar-refractivity contribution in [2.45, 2.75) is 112 Å². The molecule has 3 aromatic carbocycles. The molecule has 0 saturated carbocycles. The molecule has 6 amide bonds. The number of carboxylic acids is 1. The Balaban J connectivity index is 1.15. The highest BCUT2D eigenvalue weighted by molar-refractivity contribution is 8.00. The summed E-state index contributed by atoms with van der Waals surface area (Å²) in [5, 5.41) is 34.6. The zero-order valence-corrected chi connectivity index (χ0v) is 38.8. The number of benzene rings is 3. The van der Waals surface area contributed by atoms with Gasteiger partial charge in [0.25, 0.3) is 0 Å². The Kier molecular flexibility index (Phi) is 17.3. The van der Waals surface area contributed by atoms with Gasteiger partial charge in [-0.2, -0.15) is 11.8 Å². The largest absolute Gasteiger partial charge is 0.508 e. The molecule has 17 nitrogen and oxygen atoms in total. The molecule has 0 spiro atoms. The molecule has 6 rings (SSSR count). The van der Waals surface area contributed by atoms with Gasteiger partial charge in [0.1, 0.15) is 35.4 Å². The summed E-state index contributed by atoms with van der Waals surface area (Å²) in [5.74, 6) is -4.53. The van der Waals surface area contributed by atoms with Gasteiger partial charge in [-0.15, -0.1) is 0 Å². The van der Waals surface area contributed by atoms with E-state index in [2.05, 4.69) is 26.6 Å². The highest BCUT2D eigenvalue weighted by Gasteiger charge is 2.44. The van der Waals surface area contributed by atoms with Crippen LogP contribution in [0.15, 0.2) is 72.8 Å². The van der Waals surface area contributed by atoms with Crippen molar-refractivity contribution in [1.82, 2.24) is 31.5 Å². The second-order valence-corrected chi connectivity index (χ2v) is 20.4. The number of phenols is 1. The number of phenolic OH excluding ortho intramolecular Hbond substituents is 1. The number of rotatable bonds is 22. The maximum atomic E-state index is 14.8. The summed E-state index contributed by atoms with van der Waals surface area (Å²) in [7, 11) is -4.42. The van der Waals surface area contributed by atoms with Crippen LogP contribution in [0.5, 0.6) is 17.2 Å². The number of nitrogens with zero attached hydrogens (tertiary/aromatic N) is 1. The number of aromatic hydroxyl groups is 1. The Morgan fingerprint density at radius 2 is 1.51 bits per heavy atom. The number of hydrogen-bond donors (Lipinski definition) is 7. The number of urea groups is 1. The van der Waals surface area contributed by atoms with Gasteiger partial charge in [-0.3, -0.25) is 24.0 Å². The molecule has 7 atom stereocenters. The molecule has 21 heteroatoms.